The molecule has 0 fully saturated rings. The van der Waals surface area contributed by atoms with Gasteiger partial charge in [-0.25, -0.2) is 0 Å². The van der Waals surface area contributed by atoms with E-state index in [1.54, 1.807) is 12.1 Å². The summed E-state index contributed by atoms with van der Waals surface area (Å²) < 4.78 is 0. The van der Waals surface area contributed by atoms with Crippen LogP contribution < -0.4 is 10.4 Å². The van der Waals surface area contributed by atoms with Crippen molar-refractivity contribution in [2.24, 2.45) is 4.99 Å². The van der Waals surface area contributed by atoms with Gasteiger partial charge in [0.15, 0.2) is 5.96 Å². The van der Waals surface area contributed by atoms with E-state index in [9.17, 15) is 0 Å². The summed E-state index contributed by atoms with van der Waals surface area (Å²) in [5.74, 6) is 0.792. The van der Waals surface area contributed by atoms with E-state index < -0.39 is 0 Å². The second kappa shape index (κ2) is 5.30. The lowest BCUT2D eigenvalue weighted by molar-refractivity contribution is 0.555. The van der Waals surface area contributed by atoms with Crippen LogP contribution in [0.15, 0.2) is 17.1 Å². The number of guanidine groups is 1. The van der Waals surface area contributed by atoms with Crippen LogP contribution in [0, 0.1) is 0 Å². The Hall–Kier alpha value is -0.700. The van der Waals surface area contributed by atoms with E-state index in [0.717, 1.165) is 24.7 Å². The van der Waals surface area contributed by atoms with Gasteiger partial charge in [0, 0.05) is 19.3 Å². The minimum atomic E-state index is 0.561. The van der Waals surface area contributed by atoms with Gasteiger partial charge in [0.25, 0.3) is 0 Å². The summed E-state index contributed by atoms with van der Waals surface area (Å²) in [6.07, 6.45) is 0. The number of hydrogen-bond acceptors (Lipinski definition) is 4. The topological polar surface area (TPSA) is 39.7 Å². The van der Waals surface area contributed by atoms with Gasteiger partial charge in [-0.2, -0.15) is 0 Å². The number of halogens is 2. The Balaban J connectivity index is 2.27. The van der Waals surface area contributed by atoms with Crippen molar-refractivity contribution in [1.29, 1.82) is 0 Å². The van der Waals surface area contributed by atoms with Crippen molar-refractivity contribution in [2.75, 3.05) is 30.5 Å². The molecule has 1 aliphatic heterocycles. The first-order chi connectivity index (χ1) is 8.11. The third-order valence-corrected chi connectivity index (χ3v) is 3.43. The highest BCUT2D eigenvalue weighted by Crippen LogP contribution is 2.34. The maximum atomic E-state index is 6.17. The van der Waals surface area contributed by atoms with E-state index in [1.807, 2.05) is 11.9 Å². The number of anilines is 2. The summed E-state index contributed by atoms with van der Waals surface area (Å²) in [4.78, 5) is 6.35. The zero-order valence-electron chi connectivity index (χ0n) is 9.30. The molecule has 0 amide bonds. The first-order valence-corrected chi connectivity index (χ1v) is 6.43. The Morgan fingerprint density at radius 3 is 2.47 bits per heavy atom. The van der Waals surface area contributed by atoms with E-state index in [1.165, 1.54) is 0 Å². The number of hydrogen-bond donors (Lipinski definition) is 2. The van der Waals surface area contributed by atoms with Gasteiger partial charge in [0.1, 0.15) is 0 Å². The van der Waals surface area contributed by atoms with Crippen LogP contribution in [-0.2, 0) is 0 Å². The minimum absolute atomic E-state index is 0.561. The Morgan fingerprint density at radius 2 is 2.00 bits per heavy atom. The third kappa shape index (κ3) is 2.76. The molecule has 2 N–H and O–H groups in total. The van der Waals surface area contributed by atoms with Gasteiger partial charge < -0.3 is 15.3 Å². The van der Waals surface area contributed by atoms with E-state index in [-0.39, 0.29) is 0 Å². The molecule has 1 unspecified atom stereocenters. The van der Waals surface area contributed by atoms with Crippen LogP contribution in [0.4, 0.5) is 11.4 Å². The summed E-state index contributed by atoms with van der Waals surface area (Å²) >= 11 is 12.3. The molecule has 1 aromatic rings. The number of rotatable bonds is 2. The summed E-state index contributed by atoms with van der Waals surface area (Å²) in [5.41, 5.74) is 1.53. The molecule has 0 saturated heterocycles. The van der Waals surface area contributed by atoms with Gasteiger partial charge in [-0.15, -0.1) is 0 Å². The average Bonchev–Trinajstić information content (AvgIpc) is 2.69. The first kappa shape index (κ1) is 12.7. The molecule has 1 aliphatic rings. The second-order valence-electron chi connectivity index (χ2n) is 3.71. The van der Waals surface area contributed by atoms with E-state index in [4.69, 9.17) is 23.2 Å². The maximum absolute atomic E-state index is 6.17. The summed E-state index contributed by atoms with van der Waals surface area (Å²) in [6.45, 7) is 1.70. The number of aliphatic imine (C=N–C) groups is 1. The van der Waals surface area contributed by atoms with Crippen molar-refractivity contribution < 1.29 is 0 Å². The second-order valence-corrected chi connectivity index (χ2v) is 4.81. The largest absolute Gasteiger partial charge is 0.369 e. The highest BCUT2D eigenvalue weighted by Gasteiger charge is 2.16. The fraction of sp³-hybridized carbons (Fsp3) is 0.300. The van der Waals surface area contributed by atoms with Crippen LogP contribution in [0.1, 0.15) is 0 Å². The molecule has 0 bridgehead atoms. The Bertz CT molecular complexity index is 441. The lowest BCUT2D eigenvalue weighted by Gasteiger charge is -2.17. The van der Waals surface area contributed by atoms with Crippen LogP contribution in [0.2, 0.25) is 10.0 Å². The molecule has 1 aromatic carbocycles. The van der Waals surface area contributed by atoms with Crippen molar-refractivity contribution in [3.63, 3.8) is 0 Å². The summed E-state index contributed by atoms with van der Waals surface area (Å²) in [6, 6.07) is 3.61. The lowest BCUT2D eigenvalue weighted by Crippen LogP contribution is -2.29. The third-order valence-electron chi connectivity index (χ3n) is 2.50. The molecule has 0 spiro atoms. The van der Waals surface area contributed by atoms with Gasteiger partial charge in [0.05, 0.1) is 22.3 Å². The number of nitrogens with one attached hydrogen (secondary N) is 2. The number of nitrogens with zero attached hydrogens (tertiary/aromatic N) is 2. The van der Waals surface area contributed by atoms with E-state index in [0.29, 0.717) is 15.7 Å². The molecule has 92 valence electrons. The Morgan fingerprint density at radius 1 is 1.35 bits per heavy atom. The minimum Gasteiger partial charge on any atom is -0.369 e. The van der Waals surface area contributed by atoms with Gasteiger partial charge in [-0.1, -0.05) is 23.2 Å². The summed E-state index contributed by atoms with van der Waals surface area (Å²) in [5, 5.41) is 7.19. The molecule has 0 saturated carbocycles. The van der Waals surface area contributed by atoms with E-state index in [2.05, 4.69) is 24.8 Å². The van der Waals surface area contributed by atoms with Gasteiger partial charge in [-0.05, 0) is 21.5 Å². The molecule has 4 nitrogen and oxygen atoms in total. The van der Waals surface area contributed by atoms with Crippen LogP contribution >= 0.6 is 32.6 Å². The van der Waals surface area contributed by atoms with Gasteiger partial charge in [-0.3, -0.25) is 4.99 Å². The molecular formula is C10H13Cl2N4P. The normalized spacial score (nSPS) is 14.8. The molecule has 17 heavy (non-hydrogen) atoms. The molecule has 0 aliphatic carbocycles. The first-order valence-electron chi connectivity index (χ1n) is 5.10. The van der Waals surface area contributed by atoms with Crippen LogP contribution in [0.3, 0.4) is 0 Å². The average molecular weight is 291 g/mol. The van der Waals surface area contributed by atoms with Gasteiger partial charge in [0.2, 0.25) is 0 Å². The number of benzene rings is 1. The van der Waals surface area contributed by atoms with Crippen LogP contribution in [-0.4, -0.2) is 31.0 Å². The fourth-order valence-electron chi connectivity index (χ4n) is 1.56. The maximum Gasteiger partial charge on any atom is 0.198 e. The van der Waals surface area contributed by atoms with Crippen LogP contribution in [0.5, 0.6) is 0 Å². The van der Waals surface area contributed by atoms with Crippen LogP contribution in [0.25, 0.3) is 0 Å². The highest BCUT2D eigenvalue weighted by atomic mass is 35.5. The molecule has 1 atom stereocenters. The Labute approximate surface area is 113 Å². The monoisotopic (exact) mass is 290 g/mol. The SMILES string of the molecule is CN1CCN=C1Nc1c(Cl)cc(NP)cc1Cl. The lowest BCUT2D eigenvalue weighted by atomic mass is 10.3. The Kier molecular flexibility index (Phi) is 3.97. The van der Waals surface area contributed by atoms with Gasteiger partial charge >= 0.3 is 0 Å². The molecule has 0 radical (unpaired) electrons. The predicted octanol–water partition coefficient (Wildman–Crippen LogP) is 2.91. The highest BCUT2D eigenvalue weighted by molar-refractivity contribution is 7.18. The van der Waals surface area contributed by atoms with Crippen molar-refractivity contribution in [1.82, 2.24) is 4.90 Å². The molecule has 2 rings (SSSR count). The standard InChI is InChI=1S/C10H13Cl2N4P/c1-16-3-2-13-10(16)14-9-7(11)4-6(15-17)5-8(9)12/h4-5,15H,2-3,17H2,1H3,(H,13,14). The van der Waals surface area contributed by atoms with E-state index >= 15 is 0 Å². The van der Waals surface area contributed by atoms with Crippen molar-refractivity contribution in [3.8, 4) is 0 Å². The fourth-order valence-corrected chi connectivity index (χ4v) is 2.30. The molecule has 1 heterocycles. The smallest absolute Gasteiger partial charge is 0.198 e. The molecule has 7 heteroatoms. The van der Waals surface area contributed by atoms with Crippen molar-refractivity contribution >= 4 is 49.9 Å². The zero-order valence-corrected chi connectivity index (χ0v) is 12.0. The molecule has 0 aromatic heterocycles. The zero-order chi connectivity index (χ0) is 12.4. The van der Waals surface area contributed by atoms with Crippen molar-refractivity contribution in [2.45, 2.75) is 0 Å². The molecular weight excluding hydrogens is 278 g/mol. The quantitative estimate of drug-likeness (QED) is 0.823. The predicted molar refractivity (Wildman–Crippen MR) is 78.3 cm³/mol. The van der Waals surface area contributed by atoms with Crippen molar-refractivity contribution in [3.05, 3.63) is 22.2 Å². The number of likely N-dealkylation sites (N-methyl/N-ethyl adjacent to an activating group) is 1. The summed E-state index contributed by atoms with van der Waals surface area (Å²) in [7, 11) is 4.37.